The minimum atomic E-state index is -4.17. The van der Waals surface area contributed by atoms with Crippen LogP contribution in [0.4, 0.5) is 13.2 Å². The Balaban J connectivity index is 2.61. The molecule has 0 spiro atoms. The maximum absolute atomic E-state index is 12.6. The number of hydrogen-bond acceptors (Lipinski definition) is 2. The number of hydrogen-bond donors (Lipinski definition) is 1. The van der Waals surface area contributed by atoms with Gasteiger partial charge in [0.25, 0.3) is 0 Å². The molecule has 5 heteroatoms. The molecular formula is C14H26F3NO. The largest absolute Gasteiger partial charge is 0.401 e. The van der Waals surface area contributed by atoms with Crippen molar-refractivity contribution in [3.05, 3.63) is 0 Å². The summed E-state index contributed by atoms with van der Waals surface area (Å²) < 4.78 is 37.7. The van der Waals surface area contributed by atoms with Crippen molar-refractivity contribution in [3.63, 3.8) is 0 Å². The van der Waals surface area contributed by atoms with Crippen LogP contribution in [0.15, 0.2) is 0 Å². The summed E-state index contributed by atoms with van der Waals surface area (Å²) in [7, 11) is 0. The van der Waals surface area contributed by atoms with Gasteiger partial charge in [-0.2, -0.15) is 13.2 Å². The Morgan fingerprint density at radius 2 is 1.89 bits per heavy atom. The van der Waals surface area contributed by atoms with Crippen molar-refractivity contribution in [2.24, 2.45) is 11.8 Å². The van der Waals surface area contributed by atoms with E-state index < -0.39 is 18.8 Å². The lowest BCUT2D eigenvalue weighted by molar-refractivity contribution is -0.153. The Morgan fingerprint density at radius 3 is 2.37 bits per heavy atom. The number of rotatable bonds is 5. The summed E-state index contributed by atoms with van der Waals surface area (Å²) in [6, 6.07) is -0.157. The summed E-state index contributed by atoms with van der Waals surface area (Å²) in [4.78, 5) is 1.44. The molecule has 2 nitrogen and oxygen atoms in total. The number of nitrogens with zero attached hydrogens (tertiary/aromatic N) is 1. The summed E-state index contributed by atoms with van der Waals surface area (Å²) in [5.74, 6) is 0.525. The van der Waals surface area contributed by atoms with Crippen LogP contribution in [0.3, 0.4) is 0 Å². The fourth-order valence-corrected chi connectivity index (χ4v) is 2.90. The highest BCUT2D eigenvalue weighted by atomic mass is 19.4. The van der Waals surface area contributed by atoms with E-state index in [0.717, 1.165) is 25.7 Å². The lowest BCUT2D eigenvalue weighted by Gasteiger charge is -2.38. The Kier molecular flexibility index (Phi) is 6.12. The van der Waals surface area contributed by atoms with Gasteiger partial charge in [0.2, 0.25) is 0 Å². The van der Waals surface area contributed by atoms with Gasteiger partial charge in [-0.15, -0.1) is 0 Å². The first kappa shape index (κ1) is 16.8. The van der Waals surface area contributed by atoms with Gasteiger partial charge in [-0.05, 0) is 44.9 Å². The van der Waals surface area contributed by atoms with Gasteiger partial charge < -0.3 is 5.11 Å². The third-order valence-corrected chi connectivity index (χ3v) is 4.21. The molecule has 19 heavy (non-hydrogen) atoms. The number of aliphatic hydroxyl groups excluding tert-OH is 1. The molecule has 1 aliphatic rings. The van der Waals surface area contributed by atoms with E-state index in [1.54, 1.807) is 13.8 Å². The predicted molar refractivity (Wildman–Crippen MR) is 69.9 cm³/mol. The molecule has 0 radical (unpaired) electrons. The summed E-state index contributed by atoms with van der Waals surface area (Å²) in [6.45, 7) is 5.12. The van der Waals surface area contributed by atoms with Crippen LogP contribution in [0.25, 0.3) is 0 Å². The van der Waals surface area contributed by atoms with Crippen LogP contribution in [0.1, 0.15) is 46.5 Å². The van der Waals surface area contributed by atoms with Gasteiger partial charge in [-0.1, -0.05) is 13.3 Å². The number of aliphatic hydroxyl groups is 1. The molecule has 0 amide bonds. The molecule has 0 aromatic rings. The topological polar surface area (TPSA) is 23.5 Å². The molecule has 0 heterocycles. The van der Waals surface area contributed by atoms with E-state index in [1.165, 1.54) is 4.90 Å². The van der Waals surface area contributed by atoms with Crippen LogP contribution in [-0.2, 0) is 0 Å². The van der Waals surface area contributed by atoms with E-state index in [2.05, 4.69) is 6.92 Å². The van der Waals surface area contributed by atoms with Gasteiger partial charge in [-0.3, -0.25) is 4.90 Å². The SMILES string of the molecule is CCC1CCC(O)C(CN(CC(F)(F)F)C(C)C)C1. The average molecular weight is 281 g/mol. The first-order valence-corrected chi connectivity index (χ1v) is 7.21. The maximum atomic E-state index is 12.6. The molecular weight excluding hydrogens is 255 g/mol. The molecule has 0 aromatic carbocycles. The molecule has 3 atom stereocenters. The molecule has 0 saturated heterocycles. The first-order chi connectivity index (χ1) is 8.73. The Hall–Kier alpha value is -0.290. The van der Waals surface area contributed by atoms with Crippen molar-refractivity contribution in [3.8, 4) is 0 Å². The minimum Gasteiger partial charge on any atom is -0.393 e. The first-order valence-electron chi connectivity index (χ1n) is 7.21. The Labute approximate surface area is 114 Å². The molecule has 1 N–H and O–H groups in total. The molecule has 1 saturated carbocycles. The van der Waals surface area contributed by atoms with E-state index in [0.29, 0.717) is 12.5 Å². The van der Waals surface area contributed by atoms with E-state index in [1.807, 2.05) is 0 Å². The zero-order valence-corrected chi connectivity index (χ0v) is 12.1. The Morgan fingerprint density at radius 1 is 1.26 bits per heavy atom. The lowest BCUT2D eigenvalue weighted by Crippen LogP contribution is -2.45. The third kappa shape index (κ3) is 5.69. The van der Waals surface area contributed by atoms with E-state index in [4.69, 9.17) is 0 Å². The van der Waals surface area contributed by atoms with Crippen LogP contribution >= 0.6 is 0 Å². The summed E-state index contributed by atoms with van der Waals surface area (Å²) in [5, 5.41) is 10.0. The molecule has 0 aromatic heterocycles. The fraction of sp³-hybridized carbons (Fsp3) is 1.00. The monoisotopic (exact) mass is 281 g/mol. The zero-order valence-electron chi connectivity index (χ0n) is 12.1. The number of alkyl halides is 3. The van der Waals surface area contributed by atoms with Crippen molar-refractivity contribution in [1.82, 2.24) is 4.90 Å². The van der Waals surface area contributed by atoms with Crippen LogP contribution in [0.5, 0.6) is 0 Å². The molecule has 0 aliphatic heterocycles. The predicted octanol–water partition coefficient (Wildman–Crippen LogP) is 3.45. The second-order valence-electron chi connectivity index (χ2n) is 6.05. The van der Waals surface area contributed by atoms with E-state index >= 15 is 0 Å². The highest BCUT2D eigenvalue weighted by Crippen LogP contribution is 2.32. The zero-order chi connectivity index (χ0) is 14.6. The van der Waals surface area contributed by atoms with Gasteiger partial charge in [-0.25, -0.2) is 0 Å². The van der Waals surface area contributed by atoms with Crippen molar-refractivity contribution in [2.45, 2.75) is 64.8 Å². The Bertz CT molecular complexity index is 268. The molecule has 1 fully saturated rings. The van der Waals surface area contributed by atoms with Gasteiger partial charge in [0.05, 0.1) is 12.6 Å². The maximum Gasteiger partial charge on any atom is 0.401 e. The van der Waals surface area contributed by atoms with Crippen molar-refractivity contribution < 1.29 is 18.3 Å². The second kappa shape index (κ2) is 6.93. The van der Waals surface area contributed by atoms with Gasteiger partial charge in [0.15, 0.2) is 0 Å². The normalized spacial score (nSPS) is 29.2. The van der Waals surface area contributed by atoms with Gasteiger partial charge in [0.1, 0.15) is 0 Å². The van der Waals surface area contributed by atoms with Gasteiger partial charge in [0, 0.05) is 12.6 Å². The van der Waals surface area contributed by atoms with Crippen LogP contribution < -0.4 is 0 Å². The smallest absolute Gasteiger partial charge is 0.393 e. The molecule has 1 rings (SSSR count). The molecule has 3 unspecified atom stereocenters. The lowest BCUT2D eigenvalue weighted by atomic mass is 9.78. The fourth-order valence-electron chi connectivity index (χ4n) is 2.90. The average Bonchev–Trinajstić information content (AvgIpc) is 2.29. The van der Waals surface area contributed by atoms with E-state index in [-0.39, 0.29) is 12.0 Å². The third-order valence-electron chi connectivity index (χ3n) is 4.21. The van der Waals surface area contributed by atoms with Crippen LogP contribution in [-0.4, -0.2) is 41.4 Å². The number of halogens is 3. The summed E-state index contributed by atoms with van der Waals surface area (Å²) in [5.41, 5.74) is 0. The molecule has 0 bridgehead atoms. The molecule has 114 valence electrons. The van der Waals surface area contributed by atoms with Crippen molar-refractivity contribution in [2.75, 3.05) is 13.1 Å². The standard InChI is InChI=1S/C14H26F3NO/c1-4-11-5-6-13(19)12(7-11)8-18(10(2)3)9-14(15,16)17/h10-13,19H,4-9H2,1-3H3. The molecule has 1 aliphatic carbocycles. The highest BCUT2D eigenvalue weighted by molar-refractivity contribution is 4.83. The van der Waals surface area contributed by atoms with E-state index in [9.17, 15) is 18.3 Å². The van der Waals surface area contributed by atoms with Crippen molar-refractivity contribution in [1.29, 1.82) is 0 Å². The second-order valence-corrected chi connectivity index (χ2v) is 6.05. The van der Waals surface area contributed by atoms with Crippen LogP contribution in [0.2, 0.25) is 0 Å². The van der Waals surface area contributed by atoms with Gasteiger partial charge >= 0.3 is 6.18 Å². The summed E-state index contributed by atoms with van der Waals surface area (Å²) in [6.07, 6.45) is -1.01. The summed E-state index contributed by atoms with van der Waals surface area (Å²) >= 11 is 0. The minimum absolute atomic E-state index is 0.0246. The quantitative estimate of drug-likeness (QED) is 0.834. The highest BCUT2D eigenvalue weighted by Gasteiger charge is 2.35. The van der Waals surface area contributed by atoms with Crippen molar-refractivity contribution >= 4 is 0 Å². The van der Waals surface area contributed by atoms with Crippen LogP contribution in [0, 0.1) is 11.8 Å².